The molecule has 0 saturated carbocycles. The molecule has 4 heteroatoms. The SMILES string of the molecule is c1cc(-c2cccc3sc4ccccc4c23)cc(N(c2ccc(-c3cccc4sc5ccccc5c34)cc2)c2ccc3c(c2)oc2ccccc23)c1. The van der Waals surface area contributed by atoms with Gasteiger partial charge in [-0.05, 0) is 89.0 Å². The fourth-order valence-electron chi connectivity index (χ4n) is 7.93. The van der Waals surface area contributed by atoms with Crippen LogP contribution in [0.25, 0.3) is 84.5 Å². The Hall–Kier alpha value is -6.20. The maximum atomic E-state index is 6.41. The van der Waals surface area contributed by atoms with Gasteiger partial charge >= 0.3 is 0 Å². The van der Waals surface area contributed by atoms with Crippen LogP contribution in [0.4, 0.5) is 17.1 Å². The van der Waals surface area contributed by atoms with E-state index >= 15 is 0 Å². The fraction of sp³-hybridized carbons (Fsp3) is 0. The fourth-order valence-corrected chi connectivity index (χ4v) is 10.2. The quantitative estimate of drug-likeness (QED) is 0.178. The number of hydrogen-bond acceptors (Lipinski definition) is 4. The Morgan fingerprint density at radius 2 is 0.885 bits per heavy atom. The minimum atomic E-state index is 0.877. The molecule has 0 N–H and O–H groups in total. The molecule has 2 nitrogen and oxygen atoms in total. The van der Waals surface area contributed by atoms with Crippen LogP contribution < -0.4 is 4.90 Å². The molecule has 0 aliphatic carbocycles. The Balaban J connectivity index is 1.08. The van der Waals surface area contributed by atoms with Crippen molar-refractivity contribution in [3.05, 3.63) is 176 Å². The molecule has 0 bridgehead atoms. The first-order valence-electron chi connectivity index (χ1n) is 17.5. The Morgan fingerprint density at radius 3 is 1.60 bits per heavy atom. The van der Waals surface area contributed by atoms with Crippen LogP contribution in [0.15, 0.2) is 180 Å². The molecule has 0 fully saturated rings. The van der Waals surface area contributed by atoms with E-state index in [4.69, 9.17) is 4.42 Å². The lowest BCUT2D eigenvalue weighted by atomic mass is 9.98. The van der Waals surface area contributed by atoms with Crippen LogP contribution >= 0.6 is 22.7 Å². The first-order chi connectivity index (χ1) is 25.8. The first-order valence-corrected chi connectivity index (χ1v) is 19.1. The van der Waals surface area contributed by atoms with E-state index in [1.54, 1.807) is 0 Å². The molecule has 0 saturated heterocycles. The van der Waals surface area contributed by atoms with Crippen molar-refractivity contribution >= 4 is 102 Å². The summed E-state index contributed by atoms with van der Waals surface area (Å²) in [6.07, 6.45) is 0. The Bertz CT molecular complexity index is 3150. The molecule has 8 aromatic carbocycles. The van der Waals surface area contributed by atoms with Crippen LogP contribution in [0.1, 0.15) is 0 Å². The second-order valence-electron chi connectivity index (χ2n) is 13.3. The Labute approximate surface area is 308 Å². The predicted octanol–water partition coefficient (Wildman–Crippen LogP) is 15.1. The first kappa shape index (κ1) is 29.5. The summed E-state index contributed by atoms with van der Waals surface area (Å²) in [5.41, 5.74) is 9.89. The maximum absolute atomic E-state index is 6.41. The van der Waals surface area contributed by atoms with E-state index in [0.29, 0.717) is 0 Å². The topological polar surface area (TPSA) is 16.4 Å². The number of hydrogen-bond donors (Lipinski definition) is 0. The van der Waals surface area contributed by atoms with E-state index in [1.807, 2.05) is 34.8 Å². The third-order valence-electron chi connectivity index (χ3n) is 10.3. The summed E-state index contributed by atoms with van der Waals surface area (Å²) in [4.78, 5) is 2.35. The Morgan fingerprint density at radius 1 is 0.346 bits per heavy atom. The van der Waals surface area contributed by atoms with Gasteiger partial charge < -0.3 is 9.32 Å². The summed E-state index contributed by atoms with van der Waals surface area (Å²) in [5.74, 6) is 0. The van der Waals surface area contributed by atoms with Crippen LogP contribution in [0.2, 0.25) is 0 Å². The van der Waals surface area contributed by atoms with Crippen molar-refractivity contribution in [2.75, 3.05) is 4.90 Å². The molecule has 11 rings (SSSR count). The van der Waals surface area contributed by atoms with Gasteiger partial charge in [-0.3, -0.25) is 0 Å². The molecule has 0 amide bonds. The highest BCUT2D eigenvalue weighted by molar-refractivity contribution is 7.26. The largest absolute Gasteiger partial charge is 0.456 e. The highest BCUT2D eigenvalue weighted by Crippen LogP contribution is 2.45. The number of anilines is 3. The van der Waals surface area contributed by atoms with Gasteiger partial charge in [0, 0.05) is 74.2 Å². The number of fused-ring (bicyclic) bond motifs is 9. The molecular formula is C48H29NOS2. The Kier molecular flexibility index (Phi) is 6.63. The number of furan rings is 1. The lowest BCUT2D eigenvalue weighted by Crippen LogP contribution is -2.10. The van der Waals surface area contributed by atoms with Crippen molar-refractivity contribution in [2.24, 2.45) is 0 Å². The molecule has 244 valence electrons. The molecule has 52 heavy (non-hydrogen) atoms. The minimum Gasteiger partial charge on any atom is -0.456 e. The standard InChI is InChI=1S/C48H29NOS2/c1-4-17-41-37(12-1)38-27-26-34(29-42(38)50-41)49(32-24-22-30(23-25-32)35-15-8-20-45-47(35)39-13-2-5-18-43(39)51-45)33-11-7-10-31(28-33)36-16-9-21-46-48(36)40-14-3-6-19-44(40)52-46/h1-29H. The van der Waals surface area contributed by atoms with E-state index in [0.717, 1.165) is 39.0 Å². The second kappa shape index (κ2) is 11.7. The summed E-state index contributed by atoms with van der Waals surface area (Å²) in [5, 5.41) is 7.51. The minimum absolute atomic E-state index is 0.877. The molecule has 0 aliphatic heterocycles. The molecule has 0 unspecified atom stereocenters. The number of benzene rings is 8. The van der Waals surface area contributed by atoms with Crippen molar-refractivity contribution in [1.82, 2.24) is 0 Å². The maximum Gasteiger partial charge on any atom is 0.137 e. The molecule has 3 aromatic heterocycles. The monoisotopic (exact) mass is 699 g/mol. The summed E-state index contributed by atoms with van der Waals surface area (Å²) >= 11 is 3.72. The molecule has 0 aliphatic rings. The van der Waals surface area contributed by atoms with E-state index in [1.165, 1.54) is 62.6 Å². The van der Waals surface area contributed by atoms with Crippen molar-refractivity contribution < 1.29 is 4.42 Å². The average molecular weight is 700 g/mol. The van der Waals surface area contributed by atoms with E-state index in [9.17, 15) is 0 Å². The van der Waals surface area contributed by atoms with Crippen molar-refractivity contribution in [1.29, 1.82) is 0 Å². The normalized spacial score (nSPS) is 11.8. The van der Waals surface area contributed by atoms with Crippen LogP contribution in [0.5, 0.6) is 0 Å². The van der Waals surface area contributed by atoms with Crippen LogP contribution in [0.3, 0.4) is 0 Å². The van der Waals surface area contributed by atoms with Gasteiger partial charge in [0.05, 0.1) is 0 Å². The van der Waals surface area contributed by atoms with Crippen LogP contribution in [0, 0.1) is 0 Å². The van der Waals surface area contributed by atoms with Crippen LogP contribution in [-0.4, -0.2) is 0 Å². The lowest BCUT2D eigenvalue weighted by Gasteiger charge is -2.26. The molecule has 0 spiro atoms. The van der Waals surface area contributed by atoms with Crippen molar-refractivity contribution in [3.63, 3.8) is 0 Å². The zero-order valence-corrected chi connectivity index (χ0v) is 29.5. The zero-order chi connectivity index (χ0) is 34.2. The molecule has 0 radical (unpaired) electrons. The molecule has 11 aromatic rings. The van der Waals surface area contributed by atoms with E-state index < -0.39 is 0 Å². The number of thiophene rings is 2. The van der Waals surface area contributed by atoms with Gasteiger partial charge in [-0.25, -0.2) is 0 Å². The average Bonchev–Trinajstić information content (AvgIpc) is 3.89. The van der Waals surface area contributed by atoms with Gasteiger partial charge in [-0.15, -0.1) is 22.7 Å². The summed E-state index contributed by atoms with van der Waals surface area (Å²) < 4.78 is 11.7. The van der Waals surface area contributed by atoms with Crippen molar-refractivity contribution in [2.45, 2.75) is 0 Å². The number of rotatable bonds is 5. The van der Waals surface area contributed by atoms with Crippen LogP contribution in [-0.2, 0) is 0 Å². The van der Waals surface area contributed by atoms with Gasteiger partial charge in [-0.2, -0.15) is 0 Å². The smallest absolute Gasteiger partial charge is 0.137 e. The second-order valence-corrected chi connectivity index (χ2v) is 15.4. The lowest BCUT2D eigenvalue weighted by molar-refractivity contribution is 0.669. The number of para-hydroxylation sites is 1. The third kappa shape index (κ3) is 4.62. The summed E-state index contributed by atoms with van der Waals surface area (Å²) in [7, 11) is 0. The van der Waals surface area contributed by atoms with Gasteiger partial charge in [-0.1, -0.05) is 103 Å². The summed E-state index contributed by atoms with van der Waals surface area (Å²) in [6.45, 7) is 0. The van der Waals surface area contributed by atoms with Gasteiger partial charge in [0.25, 0.3) is 0 Å². The number of nitrogens with zero attached hydrogens (tertiary/aromatic N) is 1. The molecule has 0 atom stereocenters. The van der Waals surface area contributed by atoms with Gasteiger partial charge in [0.2, 0.25) is 0 Å². The van der Waals surface area contributed by atoms with Gasteiger partial charge in [0.15, 0.2) is 0 Å². The van der Waals surface area contributed by atoms with E-state index in [-0.39, 0.29) is 0 Å². The summed E-state index contributed by atoms with van der Waals surface area (Å²) in [6, 6.07) is 63.7. The zero-order valence-electron chi connectivity index (χ0n) is 27.9. The van der Waals surface area contributed by atoms with E-state index in [2.05, 4.69) is 169 Å². The van der Waals surface area contributed by atoms with Crippen molar-refractivity contribution in [3.8, 4) is 22.3 Å². The predicted molar refractivity (Wildman–Crippen MR) is 225 cm³/mol. The molecule has 3 heterocycles. The highest BCUT2D eigenvalue weighted by atomic mass is 32.1. The highest BCUT2D eigenvalue weighted by Gasteiger charge is 2.18. The third-order valence-corrected chi connectivity index (χ3v) is 12.5. The molecular weight excluding hydrogens is 671 g/mol. The van der Waals surface area contributed by atoms with Gasteiger partial charge in [0.1, 0.15) is 11.2 Å².